The number of nitrogens with two attached hydrogens (primary N) is 1. The van der Waals surface area contributed by atoms with E-state index in [1.165, 1.54) is 0 Å². The van der Waals surface area contributed by atoms with E-state index in [0.717, 1.165) is 32.8 Å². The molecular weight excluding hydrogens is 334 g/mol. The first-order valence-corrected chi connectivity index (χ1v) is 7.47. The Balaban J connectivity index is 1.91. The van der Waals surface area contributed by atoms with Crippen molar-refractivity contribution in [3.05, 3.63) is 52.0 Å². The van der Waals surface area contributed by atoms with E-state index in [4.69, 9.17) is 19.9 Å². The lowest BCUT2D eigenvalue weighted by Crippen LogP contribution is -2.17. The van der Waals surface area contributed by atoms with Crippen LogP contribution in [0.1, 0.15) is 17.2 Å². The Morgan fingerprint density at radius 3 is 2.43 bits per heavy atom. The van der Waals surface area contributed by atoms with Crippen LogP contribution in [0.3, 0.4) is 0 Å². The predicted octanol–water partition coefficient (Wildman–Crippen LogP) is 3.28. The van der Waals surface area contributed by atoms with Gasteiger partial charge in [0.05, 0.1) is 17.6 Å². The number of hydrogen-bond donors (Lipinski definition) is 1. The molecule has 1 aliphatic heterocycles. The first-order valence-electron chi connectivity index (χ1n) is 6.67. The minimum absolute atomic E-state index is 0.233. The van der Waals surface area contributed by atoms with Gasteiger partial charge in [-0.15, -0.1) is 0 Å². The van der Waals surface area contributed by atoms with E-state index in [9.17, 15) is 0 Å². The molecule has 0 amide bonds. The third kappa shape index (κ3) is 2.84. The number of halogens is 1. The van der Waals surface area contributed by atoms with Crippen molar-refractivity contribution < 1.29 is 14.2 Å². The molecule has 1 atom stereocenters. The van der Waals surface area contributed by atoms with Crippen molar-refractivity contribution in [1.82, 2.24) is 0 Å². The Kier molecular flexibility index (Phi) is 4.03. The molecule has 110 valence electrons. The molecule has 4 nitrogen and oxygen atoms in total. The first kappa shape index (κ1) is 14.2. The molecule has 2 aromatic carbocycles. The van der Waals surface area contributed by atoms with Crippen LogP contribution in [0.2, 0.25) is 0 Å². The fourth-order valence-electron chi connectivity index (χ4n) is 2.32. The van der Waals surface area contributed by atoms with E-state index in [2.05, 4.69) is 15.9 Å². The number of methoxy groups -OCH3 is 1. The maximum atomic E-state index is 6.35. The maximum absolute atomic E-state index is 6.35. The van der Waals surface area contributed by atoms with Crippen LogP contribution in [-0.4, -0.2) is 20.3 Å². The summed E-state index contributed by atoms with van der Waals surface area (Å²) in [6.07, 6.45) is 0. The highest BCUT2D eigenvalue weighted by molar-refractivity contribution is 9.10. The van der Waals surface area contributed by atoms with Gasteiger partial charge >= 0.3 is 0 Å². The van der Waals surface area contributed by atoms with Crippen LogP contribution < -0.4 is 19.9 Å². The summed E-state index contributed by atoms with van der Waals surface area (Å²) in [6.45, 7) is 1.16. The van der Waals surface area contributed by atoms with Gasteiger partial charge in [-0.25, -0.2) is 0 Å². The Labute approximate surface area is 131 Å². The van der Waals surface area contributed by atoms with Gasteiger partial charge in [0.2, 0.25) is 0 Å². The molecule has 2 N–H and O–H groups in total. The molecule has 1 unspecified atom stereocenters. The largest absolute Gasteiger partial charge is 0.496 e. The second-order valence-electron chi connectivity index (χ2n) is 4.77. The third-order valence-electron chi connectivity index (χ3n) is 3.46. The summed E-state index contributed by atoms with van der Waals surface area (Å²) in [4.78, 5) is 0. The normalized spacial score (nSPS) is 14.6. The Morgan fingerprint density at radius 1 is 1.05 bits per heavy atom. The standard InChI is InChI=1S/C16H16BrNO3/c1-19-13-4-2-10(8-12(13)17)16(18)11-3-5-14-15(9-11)21-7-6-20-14/h2-5,8-9,16H,6-7,18H2,1H3. The minimum atomic E-state index is -0.233. The summed E-state index contributed by atoms with van der Waals surface area (Å²) in [5, 5.41) is 0. The fourth-order valence-corrected chi connectivity index (χ4v) is 2.88. The molecular formula is C16H16BrNO3. The second kappa shape index (κ2) is 5.95. The zero-order valence-corrected chi connectivity index (χ0v) is 13.2. The van der Waals surface area contributed by atoms with Gasteiger partial charge in [0.1, 0.15) is 19.0 Å². The summed E-state index contributed by atoms with van der Waals surface area (Å²) in [5.41, 5.74) is 8.33. The van der Waals surface area contributed by atoms with Gasteiger partial charge in [0, 0.05) is 0 Å². The molecule has 0 saturated heterocycles. The molecule has 3 rings (SSSR count). The lowest BCUT2D eigenvalue weighted by molar-refractivity contribution is 0.171. The van der Waals surface area contributed by atoms with E-state index < -0.39 is 0 Å². The number of hydrogen-bond acceptors (Lipinski definition) is 4. The van der Waals surface area contributed by atoms with Gasteiger partial charge in [-0.1, -0.05) is 12.1 Å². The van der Waals surface area contributed by atoms with E-state index in [1.807, 2.05) is 36.4 Å². The van der Waals surface area contributed by atoms with Crippen LogP contribution in [0.5, 0.6) is 17.2 Å². The third-order valence-corrected chi connectivity index (χ3v) is 4.08. The van der Waals surface area contributed by atoms with Crippen LogP contribution in [-0.2, 0) is 0 Å². The molecule has 1 heterocycles. The van der Waals surface area contributed by atoms with E-state index >= 15 is 0 Å². The first-order chi connectivity index (χ1) is 10.2. The van der Waals surface area contributed by atoms with Gasteiger partial charge in [-0.3, -0.25) is 0 Å². The van der Waals surface area contributed by atoms with Gasteiger partial charge in [-0.2, -0.15) is 0 Å². The van der Waals surface area contributed by atoms with Crippen molar-refractivity contribution in [3.63, 3.8) is 0 Å². The van der Waals surface area contributed by atoms with Gasteiger partial charge in [-0.05, 0) is 51.3 Å². The van der Waals surface area contributed by atoms with Crippen molar-refractivity contribution in [2.75, 3.05) is 20.3 Å². The number of rotatable bonds is 3. The van der Waals surface area contributed by atoms with Gasteiger partial charge < -0.3 is 19.9 Å². The summed E-state index contributed by atoms with van der Waals surface area (Å²) in [6, 6.07) is 11.4. The lowest BCUT2D eigenvalue weighted by atomic mass is 9.99. The molecule has 0 spiro atoms. The van der Waals surface area contributed by atoms with Crippen molar-refractivity contribution in [3.8, 4) is 17.2 Å². The Morgan fingerprint density at radius 2 is 1.71 bits per heavy atom. The van der Waals surface area contributed by atoms with E-state index in [1.54, 1.807) is 7.11 Å². The Bertz CT molecular complexity index is 660. The highest BCUT2D eigenvalue weighted by atomic mass is 79.9. The molecule has 2 aromatic rings. The Hall–Kier alpha value is -1.72. The quantitative estimate of drug-likeness (QED) is 0.923. The topological polar surface area (TPSA) is 53.7 Å². The number of ether oxygens (including phenoxy) is 3. The SMILES string of the molecule is COc1ccc(C(N)c2ccc3c(c2)OCCO3)cc1Br. The van der Waals surface area contributed by atoms with Crippen LogP contribution in [0.15, 0.2) is 40.9 Å². The lowest BCUT2D eigenvalue weighted by Gasteiger charge is -2.21. The maximum Gasteiger partial charge on any atom is 0.161 e. The molecule has 5 heteroatoms. The van der Waals surface area contributed by atoms with Crippen molar-refractivity contribution in [2.24, 2.45) is 5.73 Å². The molecule has 0 aliphatic carbocycles. The molecule has 0 saturated carbocycles. The molecule has 0 aromatic heterocycles. The average molecular weight is 350 g/mol. The highest BCUT2D eigenvalue weighted by Gasteiger charge is 2.16. The van der Waals surface area contributed by atoms with Crippen molar-refractivity contribution in [1.29, 1.82) is 0 Å². The van der Waals surface area contributed by atoms with Crippen molar-refractivity contribution >= 4 is 15.9 Å². The molecule has 1 aliphatic rings. The summed E-state index contributed by atoms with van der Waals surface area (Å²) in [5.74, 6) is 2.31. The van der Waals surface area contributed by atoms with Crippen LogP contribution >= 0.6 is 15.9 Å². The van der Waals surface area contributed by atoms with Gasteiger partial charge in [0.25, 0.3) is 0 Å². The summed E-state index contributed by atoms with van der Waals surface area (Å²) >= 11 is 3.48. The number of fused-ring (bicyclic) bond motifs is 1. The van der Waals surface area contributed by atoms with Crippen molar-refractivity contribution in [2.45, 2.75) is 6.04 Å². The monoisotopic (exact) mass is 349 g/mol. The van der Waals surface area contributed by atoms with Crippen LogP contribution in [0.25, 0.3) is 0 Å². The fraction of sp³-hybridized carbons (Fsp3) is 0.250. The minimum Gasteiger partial charge on any atom is -0.496 e. The predicted molar refractivity (Wildman–Crippen MR) is 84.2 cm³/mol. The molecule has 0 fully saturated rings. The molecule has 0 bridgehead atoms. The summed E-state index contributed by atoms with van der Waals surface area (Å²) in [7, 11) is 1.64. The molecule has 21 heavy (non-hydrogen) atoms. The zero-order chi connectivity index (χ0) is 14.8. The van der Waals surface area contributed by atoms with Crippen LogP contribution in [0.4, 0.5) is 0 Å². The highest BCUT2D eigenvalue weighted by Crippen LogP contribution is 2.35. The van der Waals surface area contributed by atoms with E-state index in [-0.39, 0.29) is 6.04 Å². The van der Waals surface area contributed by atoms with Gasteiger partial charge in [0.15, 0.2) is 11.5 Å². The van der Waals surface area contributed by atoms with Crippen LogP contribution in [0, 0.1) is 0 Å². The molecule has 0 radical (unpaired) electrons. The van der Waals surface area contributed by atoms with E-state index in [0.29, 0.717) is 13.2 Å². The second-order valence-corrected chi connectivity index (χ2v) is 5.63. The average Bonchev–Trinajstić information content (AvgIpc) is 2.53. The number of benzene rings is 2. The summed E-state index contributed by atoms with van der Waals surface area (Å²) < 4.78 is 17.2. The zero-order valence-electron chi connectivity index (χ0n) is 11.6. The smallest absolute Gasteiger partial charge is 0.161 e.